The van der Waals surface area contributed by atoms with Crippen LogP contribution in [0.1, 0.15) is 39.5 Å². The Bertz CT molecular complexity index is 660. The Morgan fingerprint density at radius 2 is 1.92 bits per heavy atom. The van der Waals surface area contributed by atoms with Crippen molar-refractivity contribution in [2.24, 2.45) is 5.41 Å². The topological polar surface area (TPSA) is 119 Å². The number of hydrogen-bond acceptors (Lipinski definition) is 6. The number of hydrogen-bond donors (Lipinski definition) is 2. The van der Waals surface area contributed by atoms with Gasteiger partial charge in [0, 0.05) is 19.6 Å². The van der Waals surface area contributed by atoms with E-state index in [0.29, 0.717) is 11.5 Å². The largest absolute Gasteiger partial charge is 0.418 e. The Morgan fingerprint density at radius 1 is 1.28 bits per heavy atom. The molecule has 3 rings (SSSR count). The number of urea groups is 1. The van der Waals surface area contributed by atoms with Crippen LogP contribution in [0.5, 0.6) is 0 Å². The summed E-state index contributed by atoms with van der Waals surface area (Å²) in [5.41, 5.74) is 2.31. The molecule has 0 aromatic rings. The summed E-state index contributed by atoms with van der Waals surface area (Å²) in [6.07, 6.45) is 3.53. The van der Waals surface area contributed by atoms with Crippen LogP contribution in [-0.2, 0) is 19.5 Å². The zero-order chi connectivity index (χ0) is 18.4. The highest BCUT2D eigenvalue weighted by Gasteiger charge is 2.57. The number of nitrogens with zero attached hydrogens (tertiary/aromatic N) is 3. The van der Waals surface area contributed by atoms with Gasteiger partial charge in [0.25, 0.3) is 5.91 Å². The number of nitrogens with one attached hydrogen (secondary N) is 1. The molecule has 3 heterocycles. The van der Waals surface area contributed by atoms with Gasteiger partial charge in [0.15, 0.2) is 0 Å². The van der Waals surface area contributed by atoms with Crippen LogP contribution in [0.2, 0.25) is 0 Å². The van der Waals surface area contributed by atoms with Crippen LogP contribution in [0.4, 0.5) is 4.79 Å². The van der Waals surface area contributed by atoms with Crippen molar-refractivity contribution in [3.8, 4) is 0 Å². The lowest BCUT2D eigenvalue weighted by atomic mass is 9.76. The van der Waals surface area contributed by atoms with Crippen LogP contribution in [0.25, 0.3) is 0 Å². The van der Waals surface area contributed by atoms with E-state index < -0.39 is 33.9 Å². The number of amides is 3. The molecule has 0 saturated carbocycles. The minimum absolute atomic E-state index is 0.166. The Morgan fingerprint density at radius 3 is 2.52 bits per heavy atom. The molecule has 10 nitrogen and oxygen atoms in total. The summed E-state index contributed by atoms with van der Waals surface area (Å²) in [5.74, 6) is -0.282. The summed E-state index contributed by atoms with van der Waals surface area (Å²) in [6, 6.07) is -2.01. The van der Waals surface area contributed by atoms with Crippen molar-refractivity contribution in [3.63, 3.8) is 0 Å². The lowest BCUT2D eigenvalue weighted by molar-refractivity contribution is -0.133. The van der Waals surface area contributed by atoms with Gasteiger partial charge in [-0.1, -0.05) is 20.3 Å². The van der Waals surface area contributed by atoms with Gasteiger partial charge in [0.05, 0.1) is 6.04 Å². The number of piperidine rings is 2. The van der Waals surface area contributed by atoms with Crippen molar-refractivity contribution in [3.05, 3.63) is 0 Å². The highest BCUT2D eigenvalue weighted by atomic mass is 32.3. The molecule has 3 saturated heterocycles. The van der Waals surface area contributed by atoms with E-state index in [2.05, 4.69) is 9.71 Å². The van der Waals surface area contributed by atoms with Crippen LogP contribution in [0.3, 0.4) is 0 Å². The number of rotatable bonds is 4. The third-order valence-corrected chi connectivity index (χ3v) is 5.54. The van der Waals surface area contributed by atoms with E-state index in [1.807, 2.05) is 18.9 Å². The lowest BCUT2D eigenvalue weighted by Gasteiger charge is -2.41. The summed E-state index contributed by atoms with van der Waals surface area (Å²) in [5, 5.41) is 2.53. The highest BCUT2D eigenvalue weighted by Crippen LogP contribution is 2.42. The summed E-state index contributed by atoms with van der Waals surface area (Å²) in [4.78, 5) is 26.5. The van der Waals surface area contributed by atoms with Gasteiger partial charge in [-0.25, -0.2) is 9.80 Å². The Hall–Kier alpha value is -1.43. The molecule has 0 aromatic carbocycles. The molecule has 3 aliphatic heterocycles. The molecule has 0 aliphatic carbocycles. The van der Waals surface area contributed by atoms with E-state index in [9.17, 15) is 18.0 Å². The van der Waals surface area contributed by atoms with Gasteiger partial charge in [0.2, 0.25) is 0 Å². The zero-order valence-electron chi connectivity index (χ0n) is 14.3. The van der Waals surface area contributed by atoms with Crippen molar-refractivity contribution in [2.45, 2.75) is 51.6 Å². The van der Waals surface area contributed by atoms with Gasteiger partial charge in [-0.2, -0.15) is 13.5 Å². The van der Waals surface area contributed by atoms with Gasteiger partial charge < -0.3 is 4.90 Å². The van der Waals surface area contributed by atoms with Crippen LogP contribution in [0.15, 0.2) is 0 Å². The fourth-order valence-corrected chi connectivity index (χ4v) is 4.19. The molecule has 2 unspecified atom stereocenters. The van der Waals surface area contributed by atoms with Gasteiger partial charge in [-0.3, -0.25) is 14.8 Å². The predicted molar refractivity (Wildman–Crippen MR) is 86.1 cm³/mol. The highest BCUT2D eigenvalue weighted by molar-refractivity contribution is 7.80. The summed E-state index contributed by atoms with van der Waals surface area (Å²) in [7, 11) is -4.82. The molecule has 0 spiro atoms. The lowest BCUT2D eigenvalue weighted by Crippen LogP contribution is -2.57. The molecule has 3 fully saturated rings. The van der Waals surface area contributed by atoms with Gasteiger partial charge in [-0.05, 0) is 24.7 Å². The SMILES string of the molecule is CC1(C)CC(C(=O)NN2CCCCC2)N2CC1N(OS(=O)(=O)O)C2=O. The normalized spacial score (nSPS) is 29.8. The van der Waals surface area contributed by atoms with E-state index in [-0.39, 0.29) is 12.5 Å². The van der Waals surface area contributed by atoms with E-state index in [1.54, 1.807) is 0 Å². The van der Waals surface area contributed by atoms with Crippen LogP contribution < -0.4 is 5.43 Å². The molecule has 3 amide bonds. The average Bonchev–Trinajstić information content (AvgIpc) is 2.79. The molecule has 2 N–H and O–H groups in total. The molecule has 2 atom stereocenters. The minimum atomic E-state index is -4.82. The quantitative estimate of drug-likeness (QED) is 0.670. The summed E-state index contributed by atoms with van der Waals surface area (Å²) < 4.78 is 35.5. The first kappa shape index (κ1) is 18.4. The molecule has 11 heteroatoms. The molecule has 3 aliphatic rings. The first-order valence-electron chi connectivity index (χ1n) is 8.41. The van der Waals surface area contributed by atoms with E-state index in [1.165, 1.54) is 4.90 Å². The fourth-order valence-electron chi connectivity index (χ4n) is 3.82. The molecule has 25 heavy (non-hydrogen) atoms. The predicted octanol–water partition coefficient (Wildman–Crippen LogP) is 0.143. The van der Waals surface area contributed by atoms with E-state index >= 15 is 0 Å². The zero-order valence-corrected chi connectivity index (χ0v) is 15.2. The van der Waals surface area contributed by atoms with Crippen LogP contribution in [-0.4, -0.2) is 71.6 Å². The van der Waals surface area contributed by atoms with Gasteiger partial charge in [0.1, 0.15) is 6.04 Å². The molecular weight excluding hydrogens is 352 g/mol. The van der Waals surface area contributed by atoms with Gasteiger partial charge in [-0.15, -0.1) is 4.28 Å². The second-order valence-electron chi connectivity index (χ2n) is 7.51. The smallest absolute Gasteiger partial charge is 0.309 e. The number of hydroxylamine groups is 2. The number of carbonyl (C=O) groups excluding carboxylic acids is 2. The first-order valence-corrected chi connectivity index (χ1v) is 9.77. The minimum Gasteiger partial charge on any atom is -0.309 e. The monoisotopic (exact) mass is 376 g/mol. The van der Waals surface area contributed by atoms with Gasteiger partial charge >= 0.3 is 16.4 Å². The Balaban J connectivity index is 1.77. The van der Waals surface area contributed by atoms with Crippen molar-refractivity contribution in [1.29, 1.82) is 0 Å². The fraction of sp³-hybridized carbons (Fsp3) is 0.857. The number of hydrazine groups is 1. The molecule has 0 aromatic heterocycles. The second kappa shape index (κ2) is 6.38. The standard InChI is InChI=1S/C14H24N4O6S/c1-14(2)8-10(12(19)15-16-6-4-3-5-7-16)17-9-11(14)18(13(17)20)24-25(21,22)23/h10-11H,3-9H2,1-2H3,(H,15,19)(H,21,22,23). The molecule has 2 bridgehead atoms. The van der Waals surface area contributed by atoms with Crippen LogP contribution in [0, 0.1) is 5.41 Å². The van der Waals surface area contributed by atoms with E-state index in [0.717, 1.165) is 32.4 Å². The van der Waals surface area contributed by atoms with Crippen molar-refractivity contribution >= 4 is 22.3 Å². The first-order chi connectivity index (χ1) is 11.6. The van der Waals surface area contributed by atoms with Crippen molar-refractivity contribution in [2.75, 3.05) is 19.6 Å². The molecular formula is C14H24N4O6S. The Labute approximate surface area is 146 Å². The average molecular weight is 376 g/mol. The summed E-state index contributed by atoms with van der Waals surface area (Å²) >= 11 is 0. The van der Waals surface area contributed by atoms with Crippen molar-refractivity contribution in [1.82, 2.24) is 20.4 Å². The molecule has 142 valence electrons. The Kier molecular flexibility index (Phi) is 4.69. The third-order valence-electron chi connectivity index (χ3n) is 5.19. The second-order valence-corrected chi connectivity index (χ2v) is 8.52. The number of carbonyl (C=O) groups is 2. The van der Waals surface area contributed by atoms with E-state index in [4.69, 9.17) is 4.55 Å². The maximum Gasteiger partial charge on any atom is 0.418 e. The third kappa shape index (κ3) is 3.73. The number of fused-ring (bicyclic) bond motifs is 2. The summed E-state index contributed by atoms with van der Waals surface area (Å²) in [6.45, 7) is 5.40. The maximum atomic E-state index is 12.7. The maximum absolute atomic E-state index is 12.7. The van der Waals surface area contributed by atoms with Crippen molar-refractivity contribution < 1.29 is 26.8 Å². The van der Waals surface area contributed by atoms with Crippen LogP contribution >= 0.6 is 0 Å². The molecule has 0 radical (unpaired) electrons.